The molecule has 0 bridgehead atoms. The van der Waals surface area contributed by atoms with Crippen LogP contribution in [0.5, 0.6) is 17.2 Å². The summed E-state index contributed by atoms with van der Waals surface area (Å²) in [5, 5.41) is 2.00. The number of fused-ring (bicyclic) bond motifs is 1. The number of methoxy groups -OCH3 is 1. The van der Waals surface area contributed by atoms with Crippen LogP contribution in [-0.4, -0.2) is 48.6 Å². The van der Waals surface area contributed by atoms with E-state index in [9.17, 15) is 9.59 Å². The van der Waals surface area contributed by atoms with Crippen molar-refractivity contribution < 1.29 is 23.8 Å². The van der Waals surface area contributed by atoms with Gasteiger partial charge >= 0.3 is 0 Å². The zero-order chi connectivity index (χ0) is 24.8. The van der Waals surface area contributed by atoms with Crippen LogP contribution in [0.4, 0.5) is 0 Å². The normalized spacial score (nSPS) is 12.0. The molecule has 1 aromatic heterocycles. The van der Waals surface area contributed by atoms with Gasteiger partial charge in [0.2, 0.25) is 12.7 Å². The predicted octanol–water partition coefficient (Wildman–Crippen LogP) is 4.81. The molecule has 1 aliphatic rings. The number of thiophene rings is 1. The van der Waals surface area contributed by atoms with Crippen LogP contribution in [0.2, 0.25) is 0 Å². The van der Waals surface area contributed by atoms with Crippen LogP contribution in [0.3, 0.4) is 0 Å². The van der Waals surface area contributed by atoms with Gasteiger partial charge in [-0.05, 0) is 59.3 Å². The van der Waals surface area contributed by atoms with E-state index in [2.05, 4.69) is 0 Å². The average molecular weight is 495 g/mol. The Morgan fingerprint density at radius 1 is 1.00 bits per heavy atom. The molecule has 0 fully saturated rings. The molecule has 8 heteroatoms. The lowest BCUT2D eigenvalue weighted by Crippen LogP contribution is -2.43. The van der Waals surface area contributed by atoms with Crippen LogP contribution in [0.25, 0.3) is 0 Å². The van der Waals surface area contributed by atoms with Crippen LogP contribution < -0.4 is 14.2 Å². The molecule has 0 saturated heterocycles. The summed E-state index contributed by atoms with van der Waals surface area (Å²) in [6.07, 6.45) is 0. The molecule has 2 amide bonds. The Bertz CT molecular complexity index is 1140. The molecule has 7 nitrogen and oxygen atoms in total. The molecule has 1 aliphatic heterocycles. The van der Waals surface area contributed by atoms with Gasteiger partial charge in [0, 0.05) is 23.5 Å². The molecule has 0 spiro atoms. The van der Waals surface area contributed by atoms with Crippen molar-refractivity contribution in [2.24, 2.45) is 5.92 Å². The largest absolute Gasteiger partial charge is 0.497 e. The molecule has 4 rings (SSSR count). The second kappa shape index (κ2) is 11.3. The summed E-state index contributed by atoms with van der Waals surface area (Å²) in [6.45, 7) is 5.63. The highest BCUT2D eigenvalue weighted by molar-refractivity contribution is 7.09. The first-order chi connectivity index (χ1) is 16.9. The molecule has 2 heterocycles. The summed E-state index contributed by atoms with van der Waals surface area (Å²) in [5.41, 5.74) is 1.47. The number of amides is 2. The summed E-state index contributed by atoms with van der Waals surface area (Å²) in [7, 11) is 1.59. The predicted molar refractivity (Wildman–Crippen MR) is 135 cm³/mol. The molecular weight excluding hydrogens is 464 g/mol. The molecule has 2 aromatic carbocycles. The lowest BCUT2D eigenvalue weighted by Gasteiger charge is -2.29. The van der Waals surface area contributed by atoms with E-state index >= 15 is 0 Å². The molecule has 3 aromatic rings. The van der Waals surface area contributed by atoms with Crippen LogP contribution >= 0.6 is 11.3 Å². The van der Waals surface area contributed by atoms with Crippen molar-refractivity contribution in [3.05, 3.63) is 76.0 Å². The van der Waals surface area contributed by atoms with Crippen molar-refractivity contribution in [1.29, 1.82) is 0 Å². The lowest BCUT2D eigenvalue weighted by molar-refractivity contribution is -0.133. The fourth-order valence-electron chi connectivity index (χ4n) is 3.92. The smallest absolute Gasteiger partial charge is 0.254 e. The van der Waals surface area contributed by atoms with Gasteiger partial charge in [-0.25, -0.2) is 0 Å². The van der Waals surface area contributed by atoms with Gasteiger partial charge in [-0.2, -0.15) is 0 Å². The summed E-state index contributed by atoms with van der Waals surface area (Å²) in [4.78, 5) is 31.4. The number of ether oxygens (including phenoxy) is 3. The fraction of sp³-hybridized carbons (Fsp3) is 0.333. The van der Waals surface area contributed by atoms with Gasteiger partial charge in [0.1, 0.15) is 12.3 Å². The molecule has 0 atom stereocenters. The van der Waals surface area contributed by atoms with E-state index < -0.39 is 0 Å². The molecule has 0 saturated carbocycles. The Balaban J connectivity index is 1.53. The first kappa shape index (κ1) is 24.6. The zero-order valence-electron chi connectivity index (χ0n) is 20.2. The highest BCUT2D eigenvalue weighted by Gasteiger charge is 2.24. The van der Waals surface area contributed by atoms with Crippen molar-refractivity contribution >= 4 is 23.2 Å². The van der Waals surface area contributed by atoms with Crippen molar-refractivity contribution in [3.63, 3.8) is 0 Å². The molecule has 0 radical (unpaired) electrons. The first-order valence-electron chi connectivity index (χ1n) is 11.5. The Morgan fingerprint density at radius 2 is 1.77 bits per heavy atom. The van der Waals surface area contributed by atoms with Crippen LogP contribution in [-0.2, 0) is 17.9 Å². The van der Waals surface area contributed by atoms with E-state index in [0.717, 1.165) is 10.4 Å². The number of hydrogen-bond donors (Lipinski definition) is 0. The standard InChI is InChI=1S/C27H30N2O5S/c1-19(2)14-29(27(31)21-7-9-22(32-3)10-8-21)17-26(30)28(16-23-5-4-12-35-23)15-20-6-11-24-25(13-20)34-18-33-24/h4-13,19H,14-18H2,1-3H3. The van der Waals surface area contributed by atoms with E-state index in [1.54, 1.807) is 52.5 Å². The third kappa shape index (κ3) is 6.33. The van der Waals surface area contributed by atoms with E-state index in [1.807, 2.05) is 49.6 Å². The first-order valence-corrected chi connectivity index (χ1v) is 12.4. The summed E-state index contributed by atoms with van der Waals surface area (Å²) in [5.74, 6) is 2.00. The summed E-state index contributed by atoms with van der Waals surface area (Å²) in [6, 6.07) is 16.7. The molecule has 0 aliphatic carbocycles. The molecule has 0 N–H and O–H groups in total. The minimum Gasteiger partial charge on any atom is -0.497 e. The highest BCUT2D eigenvalue weighted by atomic mass is 32.1. The minimum absolute atomic E-state index is 0.00102. The number of benzene rings is 2. The van der Waals surface area contributed by atoms with Gasteiger partial charge < -0.3 is 24.0 Å². The summed E-state index contributed by atoms with van der Waals surface area (Å²) < 4.78 is 16.1. The van der Waals surface area contributed by atoms with Crippen LogP contribution in [0.1, 0.15) is 34.6 Å². The Hall–Kier alpha value is -3.52. The van der Waals surface area contributed by atoms with Crippen molar-refractivity contribution in [3.8, 4) is 17.2 Å². The molecule has 184 valence electrons. The highest BCUT2D eigenvalue weighted by Crippen LogP contribution is 2.33. The average Bonchev–Trinajstić information content (AvgIpc) is 3.54. The monoisotopic (exact) mass is 494 g/mol. The van der Waals surface area contributed by atoms with Gasteiger partial charge in [0.25, 0.3) is 5.91 Å². The van der Waals surface area contributed by atoms with Crippen molar-refractivity contribution in [1.82, 2.24) is 9.80 Å². The van der Waals surface area contributed by atoms with E-state index in [-0.39, 0.29) is 31.1 Å². The fourth-order valence-corrected chi connectivity index (χ4v) is 4.64. The maximum absolute atomic E-state index is 13.6. The van der Waals surface area contributed by atoms with Crippen LogP contribution in [0, 0.1) is 5.92 Å². The minimum atomic E-state index is -0.172. The third-order valence-electron chi connectivity index (χ3n) is 5.63. The topological polar surface area (TPSA) is 68.3 Å². The van der Waals surface area contributed by atoms with E-state index in [0.29, 0.717) is 42.4 Å². The van der Waals surface area contributed by atoms with E-state index in [4.69, 9.17) is 14.2 Å². The van der Waals surface area contributed by atoms with Gasteiger partial charge in [-0.3, -0.25) is 9.59 Å². The maximum Gasteiger partial charge on any atom is 0.254 e. The van der Waals surface area contributed by atoms with Gasteiger partial charge in [-0.15, -0.1) is 11.3 Å². The second-order valence-electron chi connectivity index (χ2n) is 8.82. The Kier molecular flexibility index (Phi) is 7.92. The van der Waals surface area contributed by atoms with Gasteiger partial charge in [0.05, 0.1) is 13.7 Å². The van der Waals surface area contributed by atoms with Crippen molar-refractivity contribution in [2.75, 3.05) is 27.0 Å². The SMILES string of the molecule is COc1ccc(C(=O)N(CC(=O)N(Cc2ccc3c(c2)OCO3)Cc2cccs2)CC(C)C)cc1. The quantitative estimate of drug-likeness (QED) is 0.405. The van der Waals surface area contributed by atoms with Gasteiger partial charge in [0.15, 0.2) is 11.5 Å². The number of rotatable bonds is 10. The maximum atomic E-state index is 13.6. The van der Waals surface area contributed by atoms with Crippen LogP contribution in [0.15, 0.2) is 60.0 Å². The second-order valence-corrected chi connectivity index (χ2v) is 9.86. The third-order valence-corrected chi connectivity index (χ3v) is 6.49. The molecule has 35 heavy (non-hydrogen) atoms. The van der Waals surface area contributed by atoms with Gasteiger partial charge in [-0.1, -0.05) is 26.0 Å². The lowest BCUT2D eigenvalue weighted by atomic mass is 10.1. The van der Waals surface area contributed by atoms with Crippen molar-refractivity contribution in [2.45, 2.75) is 26.9 Å². The zero-order valence-corrected chi connectivity index (χ0v) is 21.0. The molecule has 0 unspecified atom stereocenters. The Labute approximate surface area is 209 Å². The summed E-state index contributed by atoms with van der Waals surface area (Å²) >= 11 is 1.60. The number of nitrogens with zero attached hydrogens (tertiary/aromatic N) is 2. The molecular formula is C27H30N2O5S. The number of carbonyl (C=O) groups excluding carboxylic acids is 2. The van der Waals surface area contributed by atoms with E-state index in [1.165, 1.54) is 0 Å². The number of hydrogen-bond acceptors (Lipinski definition) is 6. The number of carbonyl (C=O) groups is 2. The Morgan fingerprint density at radius 3 is 2.46 bits per heavy atom.